The lowest BCUT2D eigenvalue weighted by molar-refractivity contribution is 0.0494. The first-order valence-electron chi connectivity index (χ1n) is 7.33. The molecule has 5 atom stereocenters. The third-order valence-electron chi connectivity index (χ3n) is 5.47. The minimum Gasteiger partial charge on any atom is -0.327 e. The van der Waals surface area contributed by atoms with E-state index in [4.69, 9.17) is 5.73 Å². The van der Waals surface area contributed by atoms with Crippen LogP contribution in [0.4, 0.5) is 0 Å². The lowest BCUT2D eigenvalue weighted by Crippen LogP contribution is -2.53. The molecule has 1 nitrogen and oxygen atoms in total. The van der Waals surface area contributed by atoms with Crippen molar-refractivity contribution in [1.82, 2.24) is 0 Å². The highest BCUT2D eigenvalue weighted by Gasteiger charge is 2.49. The second-order valence-electron chi connectivity index (χ2n) is 6.50. The second kappa shape index (κ2) is 3.96. The second-order valence-corrected chi connectivity index (χ2v) is 6.50. The van der Waals surface area contributed by atoms with E-state index in [0.29, 0.717) is 12.0 Å². The standard InChI is InChI=1S/C17H21N/c18-17-14-7-12-6-13(10-14)15(16(17)9-12)8-11-4-2-1-3-5-11/h1-5,8,12-14,16-17H,6-7,9-10,18H2. The zero-order valence-corrected chi connectivity index (χ0v) is 10.8. The van der Waals surface area contributed by atoms with E-state index < -0.39 is 0 Å². The summed E-state index contributed by atoms with van der Waals surface area (Å²) >= 11 is 0. The molecule has 4 aliphatic carbocycles. The van der Waals surface area contributed by atoms with Gasteiger partial charge in [0, 0.05) is 6.04 Å². The van der Waals surface area contributed by atoms with Gasteiger partial charge < -0.3 is 5.73 Å². The first-order chi connectivity index (χ1) is 8.81. The lowest BCUT2D eigenvalue weighted by atomic mass is 9.52. The van der Waals surface area contributed by atoms with E-state index in [9.17, 15) is 0 Å². The van der Waals surface area contributed by atoms with Gasteiger partial charge in [0.15, 0.2) is 0 Å². The monoisotopic (exact) mass is 239 g/mol. The molecule has 5 unspecified atom stereocenters. The summed E-state index contributed by atoms with van der Waals surface area (Å²) in [7, 11) is 0. The van der Waals surface area contributed by atoms with Gasteiger partial charge >= 0.3 is 0 Å². The number of hydrogen-bond acceptors (Lipinski definition) is 1. The molecule has 5 rings (SSSR count). The molecule has 1 heteroatoms. The van der Waals surface area contributed by atoms with Crippen molar-refractivity contribution < 1.29 is 0 Å². The minimum absolute atomic E-state index is 0.438. The van der Waals surface area contributed by atoms with Gasteiger partial charge in [-0.1, -0.05) is 42.0 Å². The SMILES string of the molecule is NC1C2CC3CC(C2)C(=Cc2ccccc2)C1C3. The Labute approximate surface area is 109 Å². The van der Waals surface area contributed by atoms with Crippen LogP contribution < -0.4 is 5.73 Å². The van der Waals surface area contributed by atoms with E-state index >= 15 is 0 Å². The van der Waals surface area contributed by atoms with Crippen LogP contribution in [0.15, 0.2) is 35.9 Å². The first kappa shape index (κ1) is 10.8. The fourth-order valence-corrected chi connectivity index (χ4v) is 4.74. The maximum atomic E-state index is 6.47. The van der Waals surface area contributed by atoms with Crippen LogP contribution in [-0.2, 0) is 0 Å². The molecule has 94 valence electrons. The van der Waals surface area contributed by atoms with Gasteiger partial charge in [0.1, 0.15) is 0 Å². The van der Waals surface area contributed by atoms with Gasteiger partial charge in [-0.2, -0.15) is 0 Å². The van der Waals surface area contributed by atoms with E-state index in [2.05, 4.69) is 36.4 Å². The van der Waals surface area contributed by atoms with Crippen molar-refractivity contribution in [2.24, 2.45) is 29.4 Å². The topological polar surface area (TPSA) is 26.0 Å². The number of nitrogens with two attached hydrogens (primary N) is 1. The lowest BCUT2D eigenvalue weighted by Gasteiger charge is -2.54. The van der Waals surface area contributed by atoms with Crippen molar-refractivity contribution in [2.75, 3.05) is 0 Å². The molecule has 4 fully saturated rings. The third kappa shape index (κ3) is 1.57. The van der Waals surface area contributed by atoms with Gasteiger partial charge in [0.05, 0.1) is 0 Å². The molecule has 4 aliphatic rings. The van der Waals surface area contributed by atoms with Crippen molar-refractivity contribution in [2.45, 2.75) is 31.7 Å². The smallest absolute Gasteiger partial charge is 0.0134 e. The molecule has 4 saturated carbocycles. The molecule has 2 N–H and O–H groups in total. The van der Waals surface area contributed by atoms with Crippen LogP contribution in [0.2, 0.25) is 0 Å². The summed E-state index contributed by atoms with van der Waals surface area (Å²) in [5.41, 5.74) is 9.49. The summed E-state index contributed by atoms with van der Waals surface area (Å²) in [5.74, 6) is 3.32. The third-order valence-corrected chi connectivity index (χ3v) is 5.47. The molecule has 18 heavy (non-hydrogen) atoms. The molecule has 0 amide bonds. The summed E-state index contributed by atoms with van der Waals surface area (Å²) in [6.07, 6.45) is 7.98. The maximum absolute atomic E-state index is 6.47. The van der Waals surface area contributed by atoms with Crippen LogP contribution in [0.25, 0.3) is 6.08 Å². The molecule has 0 aliphatic heterocycles. The Morgan fingerprint density at radius 1 is 1.00 bits per heavy atom. The van der Waals surface area contributed by atoms with Crippen LogP contribution in [0.3, 0.4) is 0 Å². The summed E-state index contributed by atoms with van der Waals surface area (Å²) < 4.78 is 0. The highest BCUT2D eigenvalue weighted by molar-refractivity contribution is 5.55. The van der Waals surface area contributed by atoms with E-state index in [1.807, 2.05) is 0 Å². The fourth-order valence-electron chi connectivity index (χ4n) is 4.74. The van der Waals surface area contributed by atoms with Gasteiger partial charge in [-0.15, -0.1) is 0 Å². The summed E-state index contributed by atoms with van der Waals surface area (Å²) in [5, 5.41) is 0. The van der Waals surface area contributed by atoms with Gasteiger partial charge in [-0.25, -0.2) is 0 Å². The molecule has 4 bridgehead atoms. The zero-order valence-electron chi connectivity index (χ0n) is 10.8. The molecule has 0 aromatic heterocycles. The largest absolute Gasteiger partial charge is 0.327 e. The van der Waals surface area contributed by atoms with E-state index in [0.717, 1.165) is 17.8 Å². The molecule has 0 heterocycles. The van der Waals surface area contributed by atoms with Gasteiger partial charge in [-0.3, -0.25) is 0 Å². The average Bonchev–Trinajstić information content (AvgIpc) is 2.40. The highest BCUT2D eigenvalue weighted by Crippen LogP contribution is 2.56. The number of rotatable bonds is 1. The summed E-state index contributed by atoms with van der Waals surface area (Å²) in [6.45, 7) is 0. The first-order valence-corrected chi connectivity index (χ1v) is 7.33. The van der Waals surface area contributed by atoms with Gasteiger partial charge in [0.25, 0.3) is 0 Å². The van der Waals surface area contributed by atoms with Crippen molar-refractivity contribution in [3.63, 3.8) is 0 Å². The number of benzene rings is 1. The van der Waals surface area contributed by atoms with E-state index in [1.165, 1.54) is 31.2 Å². The van der Waals surface area contributed by atoms with Crippen molar-refractivity contribution in [3.8, 4) is 0 Å². The molecule has 0 spiro atoms. The predicted octanol–water partition coefficient (Wildman–Crippen LogP) is 3.46. The Kier molecular flexibility index (Phi) is 2.38. The van der Waals surface area contributed by atoms with E-state index in [1.54, 1.807) is 5.57 Å². The van der Waals surface area contributed by atoms with Crippen molar-refractivity contribution in [3.05, 3.63) is 41.5 Å². The predicted molar refractivity (Wildman–Crippen MR) is 74.8 cm³/mol. The average molecular weight is 239 g/mol. The Balaban J connectivity index is 1.71. The summed E-state index contributed by atoms with van der Waals surface area (Å²) in [6, 6.07) is 11.2. The Hall–Kier alpha value is -1.08. The van der Waals surface area contributed by atoms with Crippen LogP contribution in [0, 0.1) is 23.7 Å². The van der Waals surface area contributed by atoms with Crippen molar-refractivity contribution in [1.29, 1.82) is 0 Å². The van der Waals surface area contributed by atoms with Crippen molar-refractivity contribution >= 4 is 6.08 Å². The minimum atomic E-state index is 0.438. The Bertz CT molecular complexity index is 476. The fraction of sp³-hybridized carbons (Fsp3) is 0.529. The van der Waals surface area contributed by atoms with Crippen LogP contribution in [0.1, 0.15) is 31.2 Å². The Morgan fingerprint density at radius 3 is 2.67 bits per heavy atom. The van der Waals surface area contributed by atoms with Crippen LogP contribution >= 0.6 is 0 Å². The molecular weight excluding hydrogens is 218 g/mol. The normalized spacial score (nSPS) is 43.6. The van der Waals surface area contributed by atoms with Crippen LogP contribution in [-0.4, -0.2) is 6.04 Å². The molecule has 0 saturated heterocycles. The zero-order chi connectivity index (χ0) is 12.1. The summed E-state index contributed by atoms with van der Waals surface area (Å²) in [4.78, 5) is 0. The van der Waals surface area contributed by atoms with Gasteiger partial charge in [-0.05, 0) is 54.9 Å². The van der Waals surface area contributed by atoms with Gasteiger partial charge in [0.2, 0.25) is 0 Å². The molecule has 1 aromatic rings. The highest BCUT2D eigenvalue weighted by atomic mass is 14.7. The molecular formula is C17H21N. The molecule has 1 aromatic carbocycles. The van der Waals surface area contributed by atoms with Crippen LogP contribution in [0.5, 0.6) is 0 Å². The number of hydrogen-bond donors (Lipinski definition) is 1. The quantitative estimate of drug-likeness (QED) is 0.798. The molecule has 0 radical (unpaired) electrons. The van der Waals surface area contributed by atoms with E-state index in [-0.39, 0.29) is 0 Å². The Morgan fingerprint density at radius 2 is 1.83 bits per heavy atom. The maximum Gasteiger partial charge on any atom is 0.0134 e.